The lowest BCUT2D eigenvalue weighted by atomic mass is 9.89. The van der Waals surface area contributed by atoms with Crippen molar-refractivity contribution in [1.82, 2.24) is 4.98 Å². The zero-order chi connectivity index (χ0) is 15.6. The molecule has 1 aliphatic rings. The third-order valence-corrected chi connectivity index (χ3v) is 4.54. The van der Waals surface area contributed by atoms with Gasteiger partial charge < -0.3 is 10.1 Å². The Morgan fingerprint density at radius 1 is 1.55 bits per heavy atom. The summed E-state index contributed by atoms with van der Waals surface area (Å²) in [6, 6.07) is 9.36. The van der Waals surface area contributed by atoms with Gasteiger partial charge in [0.05, 0.1) is 29.3 Å². The molecule has 0 spiro atoms. The average Bonchev–Trinajstić information content (AvgIpc) is 3.17. The minimum absolute atomic E-state index is 0.0586. The van der Waals surface area contributed by atoms with Crippen molar-refractivity contribution in [3.05, 3.63) is 35.2 Å². The first-order chi connectivity index (χ1) is 10.6. The molecule has 2 aromatic rings. The lowest BCUT2D eigenvalue weighted by molar-refractivity contribution is -0.124. The highest BCUT2D eigenvalue weighted by atomic mass is 32.1. The summed E-state index contributed by atoms with van der Waals surface area (Å²) in [5.41, 5.74) is 1.73. The fourth-order valence-corrected chi connectivity index (χ4v) is 3.02. The van der Waals surface area contributed by atoms with E-state index in [4.69, 9.17) is 10.00 Å². The van der Waals surface area contributed by atoms with Crippen LogP contribution in [0.2, 0.25) is 0 Å². The second-order valence-corrected chi connectivity index (χ2v) is 6.41. The Balaban J connectivity index is 1.76. The Bertz CT molecular complexity index is 742. The van der Waals surface area contributed by atoms with Crippen LogP contribution in [0.3, 0.4) is 0 Å². The molecule has 0 radical (unpaired) electrons. The predicted octanol–water partition coefficient (Wildman–Crippen LogP) is 3.05. The molecule has 1 aromatic heterocycles. The lowest BCUT2D eigenvalue weighted by Gasteiger charge is -2.19. The van der Waals surface area contributed by atoms with Gasteiger partial charge >= 0.3 is 0 Å². The monoisotopic (exact) mass is 313 g/mol. The molecule has 112 valence electrons. The molecule has 22 heavy (non-hydrogen) atoms. The second kappa shape index (κ2) is 5.87. The van der Waals surface area contributed by atoms with Crippen LogP contribution < -0.4 is 5.32 Å². The molecule has 1 amide bonds. The Hall–Kier alpha value is -2.23. The molecule has 0 saturated carbocycles. The largest absolute Gasteiger partial charge is 0.380 e. The number of nitriles is 1. The first-order valence-electron chi connectivity index (χ1n) is 6.96. The van der Waals surface area contributed by atoms with Crippen molar-refractivity contribution >= 4 is 22.4 Å². The van der Waals surface area contributed by atoms with E-state index in [2.05, 4.69) is 16.4 Å². The van der Waals surface area contributed by atoms with Gasteiger partial charge in [-0.2, -0.15) is 5.26 Å². The number of benzene rings is 1. The smallest absolute Gasteiger partial charge is 0.234 e. The molecular weight excluding hydrogens is 298 g/mol. The third-order valence-electron chi connectivity index (χ3n) is 3.78. The summed E-state index contributed by atoms with van der Waals surface area (Å²) in [6.45, 7) is 2.97. The van der Waals surface area contributed by atoms with Crippen molar-refractivity contribution in [1.29, 1.82) is 5.26 Å². The molecule has 3 rings (SSSR count). The van der Waals surface area contributed by atoms with Crippen molar-refractivity contribution in [2.75, 3.05) is 18.5 Å². The number of ether oxygens (including phenoxy) is 1. The Morgan fingerprint density at radius 3 is 3.14 bits per heavy atom. The quantitative estimate of drug-likeness (QED) is 0.945. The van der Waals surface area contributed by atoms with Gasteiger partial charge in [0.25, 0.3) is 0 Å². The topological polar surface area (TPSA) is 75.0 Å². The van der Waals surface area contributed by atoms with Crippen LogP contribution in [0, 0.1) is 16.7 Å². The maximum Gasteiger partial charge on any atom is 0.234 e. The summed E-state index contributed by atoms with van der Waals surface area (Å²) < 4.78 is 5.31. The summed E-state index contributed by atoms with van der Waals surface area (Å²) in [7, 11) is 0. The molecule has 2 heterocycles. The number of aromatic nitrogens is 1. The zero-order valence-corrected chi connectivity index (χ0v) is 12.9. The van der Waals surface area contributed by atoms with Crippen molar-refractivity contribution in [2.45, 2.75) is 13.3 Å². The van der Waals surface area contributed by atoms with E-state index in [9.17, 15) is 4.79 Å². The molecular formula is C16H15N3O2S. The van der Waals surface area contributed by atoms with Crippen LogP contribution in [0.25, 0.3) is 11.3 Å². The van der Waals surface area contributed by atoms with Crippen molar-refractivity contribution < 1.29 is 9.53 Å². The zero-order valence-electron chi connectivity index (χ0n) is 12.1. The van der Waals surface area contributed by atoms with Crippen molar-refractivity contribution in [3.8, 4) is 17.3 Å². The summed E-state index contributed by atoms with van der Waals surface area (Å²) in [4.78, 5) is 16.7. The Kier molecular flexibility index (Phi) is 3.92. The number of anilines is 1. The molecule has 5 nitrogen and oxygen atoms in total. The fourth-order valence-electron chi connectivity index (χ4n) is 2.31. The molecule has 1 atom stereocenters. The van der Waals surface area contributed by atoms with Crippen LogP contribution in [0.15, 0.2) is 29.6 Å². The second-order valence-electron chi connectivity index (χ2n) is 5.55. The molecule has 1 unspecified atom stereocenters. The molecule has 1 aromatic carbocycles. The van der Waals surface area contributed by atoms with Gasteiger partial charge in [-0.3, -0.25) is 4.79 Å². The van der Waals surface area contributed by atoms with Gasteiger partial charge in [-0.25, -0.2) is 4.98 Å². The summed E-state index contributed by atoms with van der Waals surface area (Å²) in [6.07, 6.45) is 0.723. The number of nitrogens with one attached hydrogen (secondary N) is 1. The van der Waals surface area contributed by atoms with Crippen LogP contribution in [-0.4, -0.2) is 24.1 Å². The lowest BCUT2D eigenvalue weighted by Crippen LogP contribution is -2.33. The van der Waals surface area contributed by atoms with E-state index < -0.39 is 5.41 Å². The molecule has 1 saturated heterocycles. The number of nitrogens with zero attached hydrogens (tertiary/aromatic N) is 2. The summed E-state index contributed by atoms with van der Waals surface area (Å²) in [5, 5.41) is 14.3. The van der Waals surface area contributed by atoms with Crippen LogP contribution >= 0.6 is 11.3 Å². The van der Waals surface area contributed by atoms with Crippen molar-refractivity contribution in [2.24, 2.45) is 5.41 Å². The van der Waals surface area contributed by atoms with Gasteiger partial charge in [-0.1, -0.05) is 12.1 Å². The van der Waals surface area contributed by atoms with Gasteiger partial charge in [-0.05, 0) is 25.5 Å². The van der Waals surface area contributed by atoms with Crippen LogP contribution in [0.5, 0.6) is 0 Å². The number of thiazole rings is 1. The number of carbonyl (C=O) groups excluding carboxylic acids is 1. The number of rotatable bonds is 3. The summed E-state index contributed by atoms with van der Waals surface area (Å²) >= 11 is 1.38. The van der Waals surface area contributed by atoms with E-state index in [1.807, 2.05) is 24.4 Å². The molecule has 1 fully saturated rings. The van der Waals surface area contributed by atoms with E-state index in [1.165, 1.54) is 11.3 Å². The highest BCUT2D eigenvalue weighted by Gasteiger charge is 2.37. The van der Waals surface area contributed by atoms with E-state index >= 15 is 0 Å². The third kappa shape index (κ3) is 2.86. The van der Waals surface area contributed by atoms with Gasteiger partial charge in [0.1, 0.15) is 0 Å². The fraction of sp³-hybridized carbons (Fsp3) is 0.312. The van der Waals surface area contributed by atoms with E-state index in [1.54, 1.807) is 12.1 Å². The molecule has 6 heteroatoms. The number of amides is 1. The summed E-state index contributed by atoms with van der Waals surface area (Å²) in [5.74, 6) is -0.0586. The maximum absolute atomic E-state index is 12.3. The highest BCUT2D eigenvalue weighted by molar-refractivity contribution is 7.14. The van der Waals surface area contributed by atoms with Crippen molar-refractivity contribution in [3.63, 3.8) is 0 Å². The number of hydrogen-bond acceptors (Lipinski definition) is 5. The molecule has 1 N–H and O–H groups in total. The van der Waals surface area contributed by atoms with Gasteiger partial charge in [0.15, 0.2) is 5.13 Å². The standard InChI is InChI=1S/C16H15N3O2S/c1-16(5-6-21-10-16)14(20)19-15-18-13(9-22-15)12-4-2-3-11(7-12)8-17/h2-4,7,9H,5-6,10H2,1H3,(H,18,19,20). The normalized spacial score (nSPS) is 20.5. The maximum atomic E-state index is 12.3. The number of hydrogen-bond donors (Lipinski definition) is 1. The van der Waals surface area contributed by atoms with E-state index in [0.717, 1.165) is 17.7 Å². The highest BCUT2D eigenvalue weighted by Crippen LogP contribution is 2.31. The SMILES string of the molecule is CC1(C(=O)Nc2nc(-c3cccc(C#N)c3)cs2)CCOC1. The van der Waals surface area contributed by atoms with Crippen LogP contribution in [-0.2, 0) is 9.53 Å². The van der Waals surface area contributed by atoms with Gasteiger partial charge in [0, 0.05) is 17.6 Å². The van der Waals surface area contributed by atoms with Crippen LogP contribution in [0.1, 0.15) is 18.9 Å². The average molecular weight is 313 g/mol. The molecule has 0 bridgehead atoms. The first-order valence-corrected chi connectivity index (χ1v) is 7.84. The Morgan fingerprint density at radius 2 is 2.41 bits per heavy atom. The van der Waals surface area contributed by atoms with Gasteiger partial charge in [-0.15, -0.1) is 11.3 Å². The first kappa shape index (κ1) is 14.7. The Labute approximate surface area is 132 Å². The van der Waals surface area contributed by atoms with E-state index in [-0.39, 0.29) is 5.91 Å². The number of carbonyl (C=O) groups is 1. The van der Waals surface area contributed by atoms with E-state index in [0.29, 0.717) is 23.9 Å². The van der Waals surface area contributed by atoms with Gasteiger partial charge in [0.2, 0.25) is 5.91 Å². The minimum atomic E-state index is -0.480. The van der Waals surface area contributed by atoms with Crippen LogP contribution in [0.4, 0.5) is 5.13 Å². The molecule has 1 aliphatic heterocycles. The predicted molar refractivity (Wildman–Crippen MR) is 84.4 cm³/mol. The minimum Gasteiger partial charge on any atom is -0.380 e. The molecule has 0 aliphatic carbocycles.